The molecule has 0 aliphatic heterocycles. The molecule has 0 unspecified atom stereocenters. The molecule has 8 rings (SSSR count). The molecule has 6 nitrogen and oxygen atoms in total. The topological polar surface area (TPSA) is 69.6 Å². The fourth-order valence-corrected chi connectivity index (χ4v) is 9.27. The van der Waals surface area contributed by atoms with Gasteiger partial charge in [0.1, 0.15) is 0 Å². The van der Waals surface area contributed by atoms with Crippen LogP contribution in [0.2, 0.25) is 17.3 Å². The summed E-state index contributed by atoms with van der Waals surface area (Å²) in [5.74, 6) is 7.57. The van der Waals surface area contributed by atoms with Crippen molar-refractivity contribution in [2.75, 3.05) is 0 Å². The molecule has 0 aliphatic rings. The molecule has 5 heterocycles. The van der Waals surface area contributed by atoms with E-state index in [2.05, 4.69) is 53.2 Å². The maximum absolute atomic E-state index is 8.56. The van der Waals surface area contributed by atoms with Gasteiger partial charge >= 0.3 is 128 Å². The van der Waals surface area contributed by atoms with Crippen LogP contribution in [0.5, 0.6) is 0 Å². The first-order chi connectivity index (χ1) is 27.0. The van der Waals surface area contributed by atoms with Crippen molar-refractivity contribution in [3.63, 3.8) is 0 Å². The zero-order chi connectivity index (χ0) is 40.9. The number of nitrogens with zero attached hydrogens (tertiary/aromatic N) is 5. The number of rotatable bonds is 7. The molecule has 8 heteroatoms. The molecule has 0 saturated carbocycles. The molecule has 0 spiro atoms. The summed E-state index contributed by atoms with van der Waals surface area (Å²) < 4.78 is 50.6. The summed E-state index contributed by atoms with van der Waals surface area (Å²) in [7, 11) is 0. The van der Waals surface area contributed by atoms with Crippen LogP contribution in [0.1, 0.15) is 57.4 Å². The minimum absolute atomic E-state index is 0. The molecular weight excluding hydrogens is 891 g/mol. The van der Waals surface area contributed by atoms with Crippen LogP contribution in [-0.4, -0.2) is 37.8 Å². The summed E-state index contributed by atoms with van der Waals surface area (Å²) >= 11 is -2.20. The van der Waals surface area contributed by atoms with E-state index in [9.17, 15) is 0 Å². The minimum Gasteiger partial charge on any atom is 0 e. The van der Waals surface area contributed by atoms with Gasteiger partial charge in [-0.25, -0.2) is 4.98 Å². The summed E-state index contributed by atoms with van der Waals surface area (Å²) in [6.45, 7) is 5.65. The second kappa shape index (κ2) is 15.9. The van der Waals surface area contributed by atoms with E-state index in [-0.39, 0.29) is 37.6 Å². The Kier molecular flexibility index (Phi) is 9.61. The zero-order valence-corrected chi connectivity index (χ0v) is 35.4. The fourth-order valence-electron chi connectivity index (χ4n) is 6.33. The van der Waals surface area contributed by atoms with E-state index in [1.807, 2.05) is 110 Å². The largest absolute Gasteiger partial charge is 0 e. The second-order valence-electron chi connectivity index (χ2n) is 14.5. The smallest absolute Gasteiger partial charge is 0 e. The Morgan fingerprint density at radius 3 is 2.36 bits per heavy atom. The van der Waals surface area contributed by atoms with Gasteiger partial charge in [-0.2, -0.15) is 0 Å². The van der Waals surface area contributed by atoms with Crippen LogP contribution in [0, 0.1) is 24.9 Å². The van der Waals surface area contributed by atoms with Crippen molar-refractivity contribution >= 4 is 50.8 Å². The quantitative estimate of drug-likeness (QED) is 0.118. The van der Waals surface area contributed by atoms with E-state index in [0.717, 1.165) is 43.4 Å². The van der Waals surface area contributed by atoms with Crippen LogP contribution < -0.4 is 4.40 Å². The van der Waals surface area contributed by atoms with Crippen LogP contribution in [0.3, 0.4) is 0 Å². The average Bonchev–Trinajstić information content (AvgIpc) is 3.76. The molecule has 8 aromatic rings. The Morgan fingerprint density at radius 2 is 1.66 bits per heavy atom. The van der Waals surface area contributed by atoms with Gasteiger partial charge in [-0.3, -0.25) is 9.97 Å². The number of aromatic nitrogens is 5. The molecule has 0 saturated heterocycles. The number of benzene rings is 3. The van der Waals surface area contributed by atoms with Gasteiger partial charge in [0.25, 0.3) is 0 Å². The fraction of sp³-hybridized carbons (Fsp3) is 0.244. The van der Waals surface area contributed by atoms with Crippen molar-refractivity contribution in [1.82, 2.24) is 24.5 Å². The summed E-state index contributed by atoms with van der Waals surface area (Å²) in [5.41, 5.74) is 7.01. The molecule has 3 aromatic carbocycles. The zero-order valence-electron chi connectivity index (χ0n) is 35.9. The van der Waals surface area contributed by atoms with E-state index >= 15 is 0 Å². The van der Waals surface area contributed by atoms with E-state index in [0.29, 0.717) is 33.7 Å². The number of imidazole rings is 1. The summed E-state index contributed by atoms with van der Waals surface area (Å²) in [4.78, 5) is 18.4. The van der Waals surface area contributed by atoms with Gasteiger partial charge in [0.15, 0.2) is 0 Å². The Hall–Kier alpha value is -4.43. The molecule has 0 N–H and O–H groups in total. The number of pyridine rings is 3. The molecule has 0 amide bonds. The van der Waals surface area contributed by atoms with E-state index in [1.165, 1.54) is 6.20 Å². The third-order valence-corrected chi connectivity index (χ3v) is 13.1. The van der Waals surface area contributed by atoms with Crippen LogP contribution in [-0.2, 0) is 26.5 Å². The summed E-state index contributed by atoms with van der Waals surface area (Å²) in [6.07, 6.45) is 2.05. The predicted molar refractivity (Wildman–Crippen MR) is 217 cm³/mol. The maximum Gasteiger partial charge on any atom is 0 e. The number of furan rings is 1. The van der Waals surface area contributed by atoms with Gasteiger partial charge in [-0.05, 0) is 43.1 Å². The molecule has 1 radical (unpaired) electrons. The molecule has 0 bridgehead atoms. The predicted octanol–water partition coefficient (Wildman–Crippen LogP) is 10.9. The molecule has 53 heavy (non-hydrogen) atoms. The molecular formula is C45H45GeIrN5O-2. The van der Waals surface area contributed by atoms with Crippen LogP contribution in [0.15, 0.2) is 108 Å². The van der Waals surface area contributed by atoms with Gasteiger partial charge in [-0.1, -0.05) is 43.0 Å². The monoisotopic (exact) mass is 943 g/mol. The SMILES string of the molecule is [2H]C([2H])([2H])c1nccc2nc(-c3[c-]ccc4c3oc3nc(C(C)C)ccc34)n(-c3ccccc3)c12.[2H]C([2H])(c1cc(-c2[c-]cccc2)nc[c]1[Ge]([CH3])([CH3])[CH3])C(C)C.[Ir]. The molecule has 0 atom stereocenters. The first-order valence-electron chi connectivity index (χ1n) is 20.1. The maximum atomic E-state index is 8.56. The van der Waals surface area contributed by atoms with Gasteiger partial charge < -0.3 is 8.98 Å². The number of hydrogen-bond donors (Lipinski definition) is 0. The Balaban J connectivity index is 0.000000214. The number of fused-ring (bicyclic) bond motifs is 4. The number of hydrogen-bond acceptors (Lipinski definition) is 5. The van der Waals surface area contributed by atoms with Crippen molar-refractivity contribution in [3.05, 3.63) is 132 Å². The van der Waals surface area contributed by atoms with Gasteiger partial charge in [0.05, 0.1) is 28.1 Å². The first-order valence-corrected chi connectivity index (χ1v) is 25.0. The third-order valence-electron chi connectivity index (χ3n) is 8.86. The van der Waals surface area contributed by atoms with Crippen LogP contribution >= 0.6 is 0 Å². The van der Waals surface area contributed by atoms with E-state index < -0.39 is 26.5 Å². The second-order valence-corrected chi connectivity index (χ2v) is 25.1. The molecule has 271 valence electrons. The molecule has 0 fully saturated rings. The standard InChI is InChI=1S/C27H21N4O.C18H24GeN.Ir/c1-16(2)22-13-12-20-19-10-7-11-21(25(19)32-27(20)30-22)26-29-23-14-15-28-17(3)24(23)31(26)18-8-5-4-6-9-18;1-14(2)11-16-12-18(15-9-7-6-8-10-15)20-13-17(16)19(3,4)5;/h4-10,12-16H,1-3H3;6-9,12-14H,11H2,1-5H3;/q2*-1;/i3D3;11D2;. The van der Waals surface area contributed by atoms with Crippen molar-refractivity contribution in [3.8, 4) is 28.3 Å². The minimum atomic E-state index is -2.41. The normalized spacial score (nSPS) is 13.6. The molecule has 5 aromatic heterocycles. The number of aryl methyl sites for hydroxylation is 1. The van der Waals surface area contributed by atoms with Crippen LogP contribution in [0.25, 0.3) is 61.4 Å². The van der Waals surface area contributed by atoms with Gasteiger partial charge in [0.2, 0.25) is 5.71 Å². The van der Waals surface area contributed by atoms with Crippen LogP contribution in [0.4, 0.5) is 0 Å². The Labute approximate surface area is 335 Å². The van der Waals surface area contributed by atoms with Crippen molar-refractivity contribution in [2.45, 2.75) is 64.1 Å². The number of para-hydroxylation sites is 1. The van der Waals surface area contributed by atoms with Gasteiger partial charge in [-0.15, -0.1) is 18.2 Å². The Bertz CT molecular complexity index is 2710. The van der Waals surface area contributed by atoms with Gasteiger partial charge in [0, 0.05) is 47.2 Å². The van der Waals surface area contributed by atoms with E-state index in [1.54, 1.807) is 6.07 Å². The third kappa shape index (κ3) is 7.94. The first kappa shape index (κ1) is 32.0. The Morgan fingerprint density at radius 1 is 0.868 bits per heavy atom. The summed E-state index contributed by atoms with van der Waals surface area (Å²) in [5, 5.41) is 1.81. The van der Waals surface area contributed by atoms with Crippen molar-refractivity contribution < 1.29 is 31.4 Å². The van der Waals surface area contributed by atoms with Crippen molar-refractivity contribution in [1.29, 1.82) is 0 Å². The molecule has 0 aliphatic carbocycles. The summed E-state index contributed by atoms with van der Waals surface area (Å²) in [6, 6.07) is 35.2. The van der Waals surface area contributed by atoms with E-state index in [4.69, 9.17) is 21.2 Å². The average molecular weight is 942 g/mol. The van der Waals surface area contributed by atoms with Crippen molar-refractivity contribution in [2.24, 2.45) is 5.92 Å².